The van der Waals surface area contributed by atoms with Crippen LogP contribution in [-0.4, -0.2) is 64.5 Å². The monoisotopic (exact) mass is 578 g/mol. The molecule has 0 unspecified atom stereocenters. The van der Waals surface area contributed by atoms with E-state index in [2.05, 4.69) is 25.0 Å². The Morgan fingerprint density at radius 1 is 1.05 bits per heavy atom. The lowest BCUT2D eigenvalue weighted by Crippen LogP contribution is -2.44. The molecule has 1 fully saturated rings. The van der Waals surface area contributed by atoms with Crippen molar-refractivity contribution in [3.63, 3.8) is 0 Å². The zero-order valence-electron chi connectivity index (χ0n) is 21.3. The number of pyridine rings is 1. The summed E-state index contributed by atoms with van der Waals surface area (Å²) in [6, 6.07) is 10.1. The van der Waals surface area contributed by atoms with Crippen LogP contribution in [0.15, 0.2) is 66.1 Å². The molecule has 212 valence electrons. The molecular weight excluding hydrogens is 552 g/mol. The van der Waals surface area contributed by atoms with Gasteiger partial charge in [-0.15, -0.1) is 0 Å². The van der Waals surface area contributed by atoms with Crippen molar-refractivity contribution in [2.24, 2.45) is 0 Å². The van der Waals surface area contributed by atoms with Gasteiger partial charge in [0.1, 0.15) is 23.6 Å². The highest BCUT2D eigenvalue weighted by Crippen LogP contribution is 2.31. The maximum Gasteiger partial charge on any atom is 0.387 e. The van der Waals surface area contributed by atoms with Crippen LogP contribution in [0.25, 0.3) is 11.0 Å². The van der Waals surface area contributed by atoms with Gasteiger partial charge in [-0.05, 0) is 50.1 Å². The molecule has 0 atom stereocenters. The molecule has 9 nitrogen and oxygen atoms in total. The molecule has 1 aliphatic rings. The zero-order chi connectivity index (χ0) is 28.5. The van der Waals surface area contributed by atoms with Crippen molar-refractivity contribution in [1.82, 2.24) is 23.8 Å². The molecule has 1 aromatic carbocycles. The molecule has 3 aromatic heterocycles. The van der Waals surface area contributed by atoms with Gasteiger partial charge >= 0.3 is 12.5 Å². The number of rotatable bonds is 9. The van der Waals surface area contributed by atoms with E-state index >= 15 is 0 Å². The van der Waals surface area contributed by atoms with Crippen molar-refractivity contribution >= 4 is 26.9 Å². The van der Waals surface area contributed by atoms with E-state index in [-0.39, 0.29) is 22.3 Å². The number of piperidine rings is 1. The van der Waals surface area contributed by atoms with E-state index in [1.54, 1.807) is 35.2 Å². The van der Waals surface area contributed by atoms with E-state index in [1.807, 2.05) is 6.92 Å². The summed E-state index contributed by atoms with van der Waals surface area (Å²) in [6.07, 6.45) is 4.65. The standard InChI is InChI=1S/C26H26F4N6O3S/c1-17-2-5-20(6-3-17)40(37,38)36-13-10-21-23(32-16-33-24(21)36)34-18-8-11-35(12-9-18)15-26(29,30)22-7-4-19(14-31-22)39-25(27)28/h2-7,10,13-14,16,18,25H,8-9,11-12,15H2,1H3,(H,32,33,34). The van der Waals surface area contributed by atoms with Gasteiger partial charge in [0.15, 0.2) is 5.65 Å². The van der Waals surface area contributed by atoms with Crippen molar-refractivity contribution in [1.29, 1.82) is 0 Å². The Kier molecular flexibility index (Phi) is 7.64. The molecule has 1 aliphatic heterocycles. The largest absolute Gasteiger partial charge is 0.433 e. The number of hydrogen-bond donors (Lipinski definition) is 1. The number of hydrogen-bond acceptors (Lipinski definition) is 8. The summed E-state index contributed by atoms with van der Waals surface area (Å²) in [4.78, 5) is 13.8. The Balaban J connectivity index is 1.23. The third-order valence-electron chi connectivity index (χ3n) is 6.71. The fourth-order valence-electron chi connectivity index (χ4n) is 4.62. The number of alkyl halides is 4. The van der Waals surface area contributed by atoms with Gasteiger partial charge in [0, 0.05) is 25.3 Å². The Labute approximate surface area is 227 Å². The molecule has 0 saturated carbocycles. The molecule has 5 rings (SSSR count). The Bertz CT molecular complexity index is 1570. The topological polar surface area (TPSA) is 102 Å². The first-order valence-corrected chi connectivity index (χ1v) is 13.9. The number of nitrogens with one attached hydrogen (secondary N) is 1. The van der Waals surface area contributed by atoms with Crippen molar-refractivity contribution in [3.8, 4) is 5.75 Å². The third kappa shape index (κ3) is 5.87. The number of likely N-dealkylation sites (tertiary alicyclic amines) is 1. The molecule has 40 heavy (non-hydrogen) atoms. The van der Waals surface area contributed by atoms with Crippen molar-refractivity contribution in [2.75, 3.05) is 25.0 Å². The van der Waals surface area contributed by atoms with Crippen LogP contribution in [0, 0.1) is 6.92 Å². The van der Waals surface area contributed by atoms with Gasteiger partial charge in [-0.2, -0.15) is 17.6 Å². The average molecular weight is 579 g/mol. The summed E-state index contributed by atoms with van der Waals surface area (Å²) in [5.41, 5.74) is 0.642. The van der Waals surface area contributed by atoms with Crippen LogP contribution >= 0.6 is 0 Å². The van der Waals surface area contributed by atoms with Gasteiger partial charge in [-0.3, -0.25) is 9.88 Å². The normalized spacial score (nSPS) is 15.6. The van der Waals surface area contributed by atoms with Gasteiger partial charge < -0.3 is 10.1 Å². The van der Waals surface area contributed by atoms with Crippen LogP contribution in [-0.2, 0) is 15.9 Å². The number of benzene rings is 1. The molecule has 0 bridgehead atoms. The van der Waals surface area contributed by atoms with Gasteiger partial charge in [0.05, 0.1) is 23.0 Å². The van der Waals surface area contributed by atoms with E-state index < -0.39 is 34.8 Å². The van der Waals surface area contributed by atoms with E-state index in [9.17, 15) is 26.0 Å². The highest BCUT2D eigenvalue weighted by atomic mass is 32.2. The number of nitrogens with zero attached hydrogens (tertiary/aromatic N) is 5. The summed E-state index contributed by atoms with van der Waals surface area (Å²) in [5, 5.41) is 3.84. The van der Waals surface area contributed by atoms with Gasteiger partial charge in [-0.1, -0.05) is 17.7 Å². The van der Waals surface area contributed by atoms with E-state index in [1.165, 1.54) is 12.5 Å². The fourth-order valence-corrected chi connectivity index (χ4v) is 5.92. The summed E-state index contributed by atoms with van der Waals surface area (Å²) in [7, 11) is -3.87. The summed E-state index contributed by atoms with van der Waals surface area (Å²) in [6.45, 7) is -1.02. The number of aryl methyl sites for hydroxylation is 1. The number of ether oxygens (including phenoxy) is 1. The lowest BCUT2D eigenvalue weighted by molar-refractivity contribution is -0.0516. The predicted octanol–water partition coefficient (Wildman–Crippen LogP) is 4.64. The number of halogens is 4. The SMILES string of the molecule is Cc1ccc(S(=O)(=O)n2ccc3c(NC4CCN(CC(F)(F)c5ccc(OC(F)F)cn5)CC4)ncnc32)cc1. The van der Waals surface area contributed by atoms with E-state index in [0.717, 1.165) is 27.9 Å². The minimum Gasteiger partial charge on any atom is -0.433 e. The number of aromatic nitrogens is 4. The van der Waals surface area contributed by atoms with Gasteiger partial charge in [0.2, 0.25) is 0 Å². The molecule has 0 aliphatic carbocycles. The molecule has 1 saturated heterocycles. The van der Waals surface area contributed by atoms with Crippen LogP contribution in [0.1, 0.15) is 24.1 Å². The second-order valence-electron chi connectivity index (χ2n) is 9.55. The molecule has 4 aromatic rings. The van der Waals surface area contributed by atoms with Crippen LogP contribution in [0.4, 0.5) is 23.4 Å². The maximum absolute atomic E-state index is 14.8. The lowest BCUT2D eigenvalue weighted by Gasteiger charge is -2.34. The predicted molar refractivity (Wildman–Crippen MR) is 139 cm³/mol. The first-order chi connectivity index (χ1) is 19.0. The van der Waals surface area contributed by atoms with Crippen LogP contribution in [0.5, 0.6) is 5.75 Å². The summed E-state index contributed by atoms with van der Waals surface area (Å²) in [5.74, 6) is -3.11. The van der Waals surface area contributed by atoms with Crippen LogP contribution in [0.2, 0.25) is 0 Å². The van der Waals surface area contributed by atoms with Crippen LogP contribution in [0.3, 0.4) is 0 Å². The Morgan fingerprint density at radius 3 is 2.42 bits per heavy atom. The molecule has 0 amide bonds. The summed E-state index contributed by atoms with van der Waals surface area (Å²) >= 11 is 0. The first-order valence-electron chi connectivity index (χ1n) is 12.5. The molecule has 14 heteroatoms. The lowest BCUT2D eigenvalue weighted by atomic mass is 10.0. The second-order valence-corrected chi connectivity index (χ2v) is 11.4. The minimum atomic E-state index is -3.87. The number of anilines is 1. The molecule has 0 spiro atoms. The van der Waals surface area contributed by atoms with E-state index in [0.29, 0.717) is 37.1 Å². The summed E-state index contributed by atoms with van der Waals surface area (Å²) < 4.78 is 85.9. The zero-order valence-corrected chi connectivity index (χ0v) is 22.2. The van der Waals surface area contributed by atoms with Gasteiger partial charge in [0.25, 0.3) is 10.0 Å². The third-order valence-corrected chi connectivity index (χ3v) is 8.39. The van der Waals surface area contributed by atoms with Crippen molar-refractivity contribution < 1.29 is 30.7 Å². The van der Waals surface area contributed by atoms with Crippen molar-refractivity contribution in [3.05, 3.63) is 72.4 Å². The fraction of sp³-hybridized carbons (Fsp3) is 0.346. The Morgan fingerprint density at radius 2 is 1.77 bits per heavy atom. The second kappa shape index (κ2) is 11.0. The van der Waals surface area contributed by atoms with Crippen molar-refractivity contribution in [2.45, 2.75) is 43.2 Å². The van der Waals surface area contributed by atoms with E-state index in [4.69, 9.17) is 0 Å². The first kappa shape index (κ1) is 27.8. The molecule has 4 heterocycles. The quantitative estimate of drug-likeness (QED) is 0.287. The molecule has 1 N–H and O–H groups in total. The highest BCUT2D eigenvalue weighted by Gasteiger charge is 2.37. The average Bonchev–Trinajstić information content (AvgIpc) is 3.36. The number of fused-ring (bicyclic) bond motifs is 1. The molecular formula is C26H26F4N6O3S. The smallest absolute Gasteiger partial charge is 0.387 e. The maximum atomic E-state index is 14.8. The molecule has 0 radical (unpaired) electrons. The Hall–Kier alpha value is -3.78. The highest BCUT2D eigenvalue weighted by molar-refractivity contribution is 7.90. The van der Waals surface area contributed by atoms with Crippen LogP contribution < -0.4 is 10.1 Å². The van der Waals surface area contributed by atoms with Gasteiger partial charge in [-0.25, -0.2) is 22.4 Å². The minimum absolute atomic E-state index is 0.0797.